The lowest BCUT2D eigenvalue weighted by molar-refractivity contribution is 0.102. The van der Waals surface area contributed by atoms with Crippen LogP contribution in [0.25, 0.3) is 0 Å². The quantitative estimate of drug-likeness (QED) is 0.743. The van der Waals surface area contributed by atoms with Crippen LogP contribution in [0.15, 0.2) is 30.3 Å². The van der Waals surface area contributed by atoms with Gasteiger partial charge in [0.1, 0.15) is 11.6 Å². The van der Waals surface area contributed by atoms with Crippen LogP contribution in [0.2, 0.25) is 0 Å². The number of hydrogen-bond acceptors (Lipinski definition) is 2. The molecule has 5 nitrogen and oxygen atoms in total. The summed E-state index contributed by atoms with van der Waals surface area (Å²) in [6.07, 6.45) is 0.431. The molecule has 2 aromatic carbocycles. The van der Waals surface area contributed by atoms with Gasteiger partial charge in [0, 0.05) is 23.9 Å². The first-order chi connectivity index (χ1) is 13.1. The summed E-state index contributed by atoms with van der Waals surface area (Å²) in [6, 6.07) is 6.00. The lowest BCUT2D eigenvalue weighted by atomic mass is 9.85. The van der Waals surface area contributed by atoms with Crippen molar-refractivity contribution in [3.63, 3.8) is 0 Å². The molecule has 3 rings (SSSR count). The Labute approximate surface area is 162 Å². The van der Waals surface area contributed by atoms with Crippen LogP contribution >= 0.6 is 0 Å². The molecule has 148 valence electrons. The average Bonchev–Trinajstić information content (AvgIpc) is 2.89. The van der Waals surface area contributed by atoms with Gasteiger partial charge in [0.15, 0.2) is 0 Å². The molecule has 0 radical (unpaired) electrons. The molecule has 0 fully saturated rings. The van der Waals surface area contributed by atoms with E-state index in [-0.39, 0.29) is 5.82 Å². The zero-order valence-corrected chi connectivity index (χ0v) is 16.2. The van der Waals surface area contributed by atoms with Crippen molar-refractivity contribution in [3.05, 3.63) is 64.2 Å². The second-order valence-electron chi connectivity index (χ2n) is 7.73. The first-order valence-electron chi connectivity index (χ1n) is 9.01. The molecule has 2 aromatic rings. The Morgan fingerprint density at radius 3 is 2.43 bits per heavy atom. The zero-order valence-electron chi connectivity index (χ0n) is 16.2. The number of rotatable bonds is 3. The summed E-state index contributed by atoms with van der Waals surface area (Å²) in [5.74, 6) is -1.22. The SMILES string of the molecule is CNC(=O)NC1c2c(F)ccc(C(=O)Nc3ccc(F)c(C)c3)c2CC1(C)C. The molecule has 0 aliphatic heterocycles. The maximum Gasteiger partial charge on any atom is 0.315 e. The second kappa shape index (κ2) is 7.22. The van der Waals surface area contributed by atoms with Crippen LogP contribution in [-0.2, 0) is 6.42 Å². The van der Waals surface area contributed by atoms with Gasteiger partial charge < -0.3 is 16.0 Å². The summed E-state index contributed by atoms with van der Waals surface area (Å²) < 4.78 is 28.1. The monoisotopic (exact) mass is 387 g/mol. The standard InChI is InChI=1S/C21H23F2N3O2/c1-11-9-12(5-7-15(11)22)25-19(27)13-6-8-16(23)17-14(13)10-21(2,3)18(17)26-20(28)24-4/h5-9,18H,10H2,1-4H3,(H,25,27)(H2,24,26,28). The highest BCUT2D eigenvalue weighted by atomic mass is 19.1. The summed E-state index contributed by atoms with van der Waals surface area (Å²) in [6.45, 7) is 5.44. The molecular formula is C21H23F2N3O2. The van der Waals surface area contributed by atoms with E-state index in [4.69, 9.17) is 0 Å². The van der Waals surface area contributed by atoms with E-state index in [9.17, 15) is 18.4 Å². The summed E-state index contributed by atoms with van der Waals surface area (Å²) in [7, 11) is 1.49. The summed E-state index contributed by atoms with van der Waals surface area (Å²) in [4.78, 5) is 24.7. The minimum Gasteiger partial charge on any atom is -0.341 e. The van der Waals surface area contributed by atoms with Crippen LogP contribution in [0.1, 0.15) is 46.9 Å². The fourth-order valence-corrected chi connectivity index (χ4v) is 3.69. The van der Waals surface area contributed by atoms with E-state index in [0.717, 1.165) is 0 Å². The normalized spacial score (nSPS) is 17.0. The van der Waals surface area contributed by atoms with Gasteiger partial charge in [0.05, 0.1) is 6.04 Å². The van der Waals surface area contributed by atoms with Crippen LogP contribution < -0.4 is 16.0 Å². The molecule has 0 bridgehead atoms. The van der Waals surface area contributed by atoms with Gasteiger partial charge in [0.25, 0.3) is 5.91 Å². The number of carbonyl (C=O) groups is 2. The molecule has 3 N–H and O–H groups in total. The van der Waals surface area contributed by atoms with Gasteiger partial charge in [-0.25, -0.2) is 13.6 Å². The van der Waals surface area contributed by atoms with Crippen molar-refractivity contribution in [1.29, 1.82) is 0 Å². The number of amides is 3. The fourth-order valence-electron chi connectivity index (χ4n) is 3.69. The van der Waals surface area contributed by atoms with Gasteiger partial charge in [-0.05, 0) is 60.2 Å². The molecule has 1 atom stereocenters. The lowest BCUT2D eigenvalue weighted by Gasteiger charge is -2.28. The number of urea groups is 1. The maximum atomic E-state index is 14.7. The van der Waals surface area contributed by atoms with E-state index < -0.39 is 29.2 Å². The Morgan fingerprint density at radius 2 is 1.79 bits per heavy atom. The number of aryl methyl sites for hydroxylation is 1. The van der Waals surface area contributed by atoms with Crippen LogP contribution in [0.4, 0.5) is 19.3 Å². The Kier molecular flexibility index (Phi) is 5.10. The molecule has 1 aliphatic carbocycles. The predicted octanol–water partition coefficient (Wildman–Crippen LogP) is 4.08. The molecule has 0 saturated carbocycles. The highest BCUT2D eigenvalue weighted by Crippen LogP contribution is 2.47. The molecule has 0 saturated heterocycles. The Hall–Kier alpha value is -2.96. The first kappa shape index (κ1) is 19.8. The topological polar surface area (TPSA) is 70.2 Å². The van der Waals surface area contributed by atoms with Gasteiger partial charge in [-0.1, -0.05) is 13.8 Å². The van der Waals surface area contributed by atoms with E-state index in [1.807, 2.05) is 13.8 Å². The molecule has 7 heteroatoms. The summed E-state index contributed by atoms with van der Waals surface area (Å²) in [5, 5.41) is 8.00. The van der Waals surface area contributed by atoms with Gasteiger partial charge in [0.2, 0.25) is 0 Å². The van der Waals surface area contributed by atoms with E-state index in [1.165, 1.54) is 37.4 Å². The molecule has 0 spiro atoms. The molecule has 1 aliphatic rings. The molecule has 3 amide bonds. The minimum atomic E-state index is -0.566. The van der Waals surface area contributed by atoms with Crippen molar-refractivity contribution in [2.75, 3.05) is 12.4 Å². The van der Waals surface area contributed by atoms with Crippen molar-refractivity contribution in [2.45, 2.75) is 33.2 Å². The van der Waals surface area contributed by atoms with Crippen LogP contribution in [0.3, 0.4) is 0 Å². The number of nitrogens with one attached hydrogen (secondary N) is 3. The Morgan fingerprint density at radius 1 is 1.11 bits per heavy atom. The smallest absolute Gasteiger partial charge is 0.315 e. The fraction of sp³-hybridized carbons (Fsp3) is 0.333. The number of hydrogen-bond donors (Lipinski definition) is 3. The van der Waals surface area contributed by atoms with Gasteiger partial charge in [-0.15, -0.1) is 0 Å². The molecule has 28 heavy (non-hydrogen) atoms. The third-order valence-corrected chi connectivity index (χ3v) is 5.17. The van der Waals surface area contributed by atoms with Crippen molar-refractivity contribution in [3.8, 4) is 0 Å². The summed E-state index contributed by atoms with van der Waals surface area (Å²) in [5.41, 5.74) is 1.64. The molecule has 0 aromatic heterocycles. The molecule has 0 heterocycles. The molecule has 1 unspecified atom stereocenters. The van der Waals surface area contributed by atoms with E-state index >= 15 is 0 Å². The van der Waals surface area contributed by atoms with Crippen molar-refractivity contribution in [1.82, 2.24) is 10.6 Å². The van der Waals surface area contributed by atoms with E-state index in [2.05, 4.69) is 16.0 Å². The summed E-state index contributed by atoms with van der Waals surface area (Å²) >= 11 is 0. The van der Waals surface area contributed by atoms with Crippen LogP contribution in [0.5, 0.6) is 0 Å². The highest BCUT2D eigenvalue weighted by molar-refractivity contribution is 6.05. The maximum absolute atomic E-state index is 14.7. The number of carbonyl (C=O) groups excluding carboxylic acids is 2. The zero-order chi connectivity index (χ0) is 20.6. The predicted molar refractivity (Wildman–Crippen MR) is 103 cm³/mol. The Bertz CT molecular complexity index is 957. The number of benzene rings is 2. The average molecular weight is 387 g/mol. The van der Waals surface area contributed by atoms with Crippen LogP contribution in [-0.4, -0.2) is 19.0 Å². The minimum absolute atomic E-state index is 0.330. The first-order valence-corrected chi connectivity index (χ1v) is 9.01. The van der Waals surface area contributed by atoms with Gasteiger partial charge >= 0.3 is 6.03 Å². The van der Waals surface area contributed by atoms with Crippen LogP contribution in [0, 0.1) is 24.0 Å². The van der Waals surface area contributed by atoms with Gasteiger partial charge in [-0.3, -0.25) is 4.79 Å². The third kappa shape index (κ3) is 3.56. The van der Waals surface area contributed by atoms with Crippen molar-refractivity contribution in [2.24, 2.45) is 5.41 Å². The number of halogens is 2. The van der Waals surface area contributed by atoms with E-state index in [0.29, 0.717) is 34.4 Å². The second-order valence-corrected chi connectivity index (χ2v) is 7.73. The van der Waals surface area contributed by atoms with Crippen molar-refractivity contribution >= 4 is 17.6 Å². The lowest BCUT2D eigenvalue weighted by Crippen LogP contribution is -2.40. The van der Waals surface area contributed by atoms with Crippen molar-refractivity contribution < 1.29 is 18.4 Å². The number of anilines is 1. The van der Waals surface area contributed by atoms with Gasteiger partial charge in [-0.2, -0.15) is 0 Å². The third-order valence-electron chi connectivity index (χ3n) is 5.17. The number of fused-ring (bicyclic) bond motifs is 1. The highest BCUT2D eigenvalue weighted by Gasteiger charge is 2.43. The Balaban J connectivity index is 1.97. The largest absolute Gasteiger partial charge is 0.341 e. The van der Waals surface area contributed by atoms with E-state index in [1.54, 1.807) is 6.92 Å². The molecular weight excluding hydrogens is 364 g/mol.